The maximum absolute atomic E-state index is 14.9. The lowest BCUT2D eigenvalue weighted by molar-refractivity contribution is -0.257. The van der Waals surface area contributed by atoms with Crippen molar-refractivity contribution in [3.05, 3.63) is 90.5 Å². The Bertz CT molecular complexity index is 2080. The first kappa shape index (κ1) is 50.7. The van der Waals surface area contributed by atoms with E-state index in [0.29, 0.717) is 44.6 Å². The second kappa shape index (κ2) is 26.0. The van der Waals surface area contributed by atoms with E-state index in [1.165, 1.54) is 38.5 Å². The lowest BCUT2D eigenvalue weighted by Crippen LogP contribution is -2.70. The molecule has 2 aliphatic carbocycles. The molecule has 3 aromatic carbocycles. The summed E-state index contributed by atoms with van der Waals surface area (Å²) in [6.07, 6.45) is 23.7. The number of hydrogen-bond donors (Lipinski definition) is 2. The van der Waals surface area contributed by atoms with E-state index in [1.54, 1.807) is 6.08 Å². The average molecular weight is 921 g/mol. The number of amides is 1. The van der Waals surface area contributed by atoms with Gasteiger partial charge < -0.3 is 38.9 Å². The second-order valence-electron chi connectivity index (χ2n) is 19.5. The lowest BCUT2D eigenvalue weighted by atomic mass is 9.55. The molecule has 7 atom stereocenters. The van der Waals surface area contributed by atoms with Crippen molar-refractivity contribution in [3.63, 3.8) is 0 Å². The van der Waals surface area contributed by atoms with Gasteiger partial charge in [0.25, 0.3) is 0 Å². The highest BCUT2D eigenvalue weighted by atomic mass is 16.8. The molecule has 2 heterocycles. The smallest absolute Gasteiger partial charge is 0.239 e. The molecule has 10 heteroatoms. The Morgan fingerprint density at radius 1 is 0.851 bits per heavy atom. The lowest BCUT2D eigenvalue weighted by Gasteiger charge is -2.60. The van der Waals surface area contributed by atoms with E-state index >= 15 is 0 Å². The van der Waals surface area contributed by atoms with Crippen molar-refractivity contribution in [2.45, 2.75) is 173 Å². The molecule has 1 saturated heterocycles. The van der Waals surface area contributed by atoms with Crippen molar-refractivity contribution < 1.29 is 38.8 Å². The van der Waals surface area contributed by atoms with Crippen LogP contribution in [-0.2, 0) is 19.1 Å². The van der Waals surface area contributed by atoms with Crippen LogP contribution in [0.25, 0.3) is 10.8 Å². The Labute approximate surface area is 401 Å². The minimum absolute atomic E-state index is 0.113. The molecule has 2 fully saturated rings. The highest BCUT2D eigenvalue weighted by Gasteiger charge is 2.65. The number of unbranched alkanes of at least 4 members (excludes halogenated alkanes) is 10. The average Bonchev–Trinajstić information content (AvgIpc) is 3.35. The molecule has 0 aromatic heterocycles. The molecule has 0 radical (unpaired) electrons. The zero-order valence-corrected chi connectivity index (χ0v) is 40.7. The van der Waals surface area contributed by atoms with E-state index in [4.69, 9.17) is 28.9 Å². The molecule has 2 aliphatic heterocycles. The van der Waals surface area contributed by atoms with E-state index in [2.05, 4.69) is 61.7 Å². The Balaban J connectivity index is 1.33. The third-order valence-electron chi connectivity index (χ3n) is 14.7. The topological polar surface area (TPSA) is 119 Å². The quantitative estimate of drug-likeness (QED) is 0.0420. The van der Waals surface area contributed by atoms with Gasteiger partial charge in [-0.2, -0.15) is 0 Å². The number of fused-ring (bicyclic) bond motifs is 3. The summed E-state index contributed by atoms with van der Waals surface area (Å²) in [5.74, 6) is 0.736. The number of nitrogens with zero attached hydrogens (tertiary/aromatic N) is 2. The largest absolute Gasteiger partial charge is 0.459 e. The fourth-order valence-corrected chi connectivity index (χ4v) is 11.4. The number of oxime groups is 1. The molecule has 366 valence electrons. The van der Waals surface area contributed by atoms with Crippen LogP contribution in [0.3, 0.4) is 0 Å². The van der Waals surface area contributed by atoms with Crippen LogP contribution in [0.5, 0.6) is 17.2 Å². The number of carbonyl (C=O) groups excluding carboxylic acids is 1. The summed E-state index contributed by atoms with van der Waals surface area (Å²) in [4.78, 5) is 23.3. The molecule has 3 aromatic rings. The predicted octanol–water partition coefficient (Wildman–Crippen LogP) is 13.0. The van der Waals surface area contributed by atoms with Gasteiger partial charge in [0, 0.05) is 50.5 Å². The van der Waals surface area contributed by atoms with Gasteiger partial charge in [0.2, 0.25) is 18.0 Å². The third kappa shape index (κ3) is 12.7. The summed E-state index contributed by atoms with van der Waals surface area (Å²) in [7, 11) is 0. The number of rotatable bonds is 28. The first-order valence-corrected chi connectivity index (χ1v) is 26.3. The van der Waals surface area contributed by atoms with Crippen molar-refractivity contribution >= 4 is 22.4 Å². The van der Waals surface area contributed by atoms with E-state index in [0.717, 1.165) is 110 Å². The summed E-state index contributed by atoms with van der Waals surface area (Å²) in [6.45, 7) is 10.2. The van der Waals surface area contributed by atoms with Crippen LogP contribution in [-0.4, -0.2) is 77.8 Å². The van der Waals surface area contributed by atoms with Crippen molar-refractivity contribution in [1.29, 1.82) is 0 Å². The standard InChI is InChI=1S/C57H80N2O8/c1-4-7-8-9-10-11-12-13-14-27-53(62)59(33-5-2)52-41-50(58-67-54-28-19-22-37-63-54)48-39-44(25-17-20-34-60)47(26-18-21-35-61)55-49-40-46(65-45-30-29-42-23-15-16-24-43(42)38-45)31-32-51(49)66-57(52,56(48)55)64-36-6-3/h6,15-16,23-24,29-32,38-40,44,47,52,54-56,60-61H,3-5,7-14,17-22,25-28,33-37,41H2,1-2H3. The van der Waals surface area contributed by atoms with Crippen LogP contribution in [0.1, 0.15) is 160 Å². The van der Waals surface area contributed by atoms with E-state index in [1.807, 2.05) is 30.3 Å². The summed E-state index contributed by atoms with van der Waals surface area (Å²) >= 11 is 0. The zero-order chi connectivity index (χ0) is 46.9. The van der Waals surface area contributed by atoms with Gasteiger partial charge in [-0.25, -0.2) is 0 Å². The third-order valence-corrected chi connectivity index (χ3v) is 14.7. The van der Waals surface area contributed by atoms with E-state index in [9.17, 15) is 15.0 Å². The molecular formula is C57H80N2O8. The molecule has 7 rings (SSSR count). The summed E-state index contributed by atoms with van der Waals surface area (Å²) in [5, 5.41) is 27.4. The van der Waals surface area contributed by atoms with Gasteiger partial charge in [0.15, 0.2) is 0 Å². The van der Waals surface area contributed by atoms with Crippen molar-refractivity contribution in [2.24, 2.45) is 22.9 Å². The number of hydrogen-bond acceptors (Lipinski definition) is 9. The van der Waals surface area contributed by atoms with Crippen LogP contribution in [0.15, 0.2) is 90.1 Å². The number of benzene rings is 3. The molecule has 7 unspecified atom stereocenters. The molecule has 1 amide bonds. The maximum Gasteiger partial charge on any atom is 0.239 e. The Morgan fingerprint density at radius 2 is 1.58 bits per heavy atom. The first-order valence-electron chi connectivity index (χ1n) is 26.3. The summed E-state index contributed by atoms with van der Waals surface area (Å²) < 4.78 is 27.5. The summed E-state index contributed by atoms with van der Waals surface area (Å²) in [6, 6.07) is 20.1. The Morgan fingerprint density at radius 3 is 2.31 bits per heavy atom. The number of allylic oxidation sites excluding steroid dienone is 1. The predicted molar refractivity (Wildman–Crippen MR) is 268 cm³/mol. The molecule has 1 saturated carbocycles. The van der Waals surface area contributed by atoms with Gasteiger partial charge in [0.05, 0.1) is 24.8 Å². The second-order valence-corrected chi connectivity index (χ2v) is 19.5. The molecule has 0 spiro atoms. The zero-order valence-electron chi connectivity index (χ0n) is 40.7. The Kier molecular flexibility index (Phi) is 19.6. The maximum atomic E-state index is 14.9. The molecule has 2 N–H and O–H groups in total. The van der Waals surface area contributed by atoms with Crippen LogP contribution >= 0.6 is 0 Å². The van der Waals surface area contributed by atoms with E-state index in [-0.39, 0.29) is 49.4 Å². The minimum atomic E-state index is -1.28. The number of aliphatic hydroxyl groups excluding tert-OH is 2. The van der Waals surface area contributed by atoms with Crippen LogP contribution in [0.4, 0.5) is 0 Å². The van der Waals surface area contributed by atoms with Crippen molar-refractivity contribution in [1.82, 2.24) is 4.90 Å². The minimum Gasteiger partial charge on any atom is -0.459 e. The number of ether oxygens (including phenoxy) is 4. The van der Waals surface area contributed by atoms with Crippen LogP contribution < -0.4 is 9.47 Å². The van der Waals surface area contributed by atoms with Crippen LogP contribution in [0, 0.1) is 17.8 Å². The molecule has 10 nitrogen and oxygen atoms in total. The van der Waals surface area contributed by atoms with Gasteiger partial charge >= 0.3 is 0 Å². The SMILES string of the molecule is C=CCOC12Oc3ccc(Oc4ccc5ccccc5c4)cc3C3C(CCCCO)C(CCCCO)C=C(C(=NOC4CCCCO4)CC1N(CCC)C(=O)CCCCCCCCCCC)C32. The fraction of sp³-hybridized carbons (Fsp3) is 0.614. The van der Waals surface area contributed by atoms with Gasteiger partial charge in [0.1, 0.15) is 23.3 Å². The monoisotopic (exact) mass is 921 g/mol. The van der Waals surface area contributed by atoms with Crippen molar-refractivity contribution in [3.8, 4) is 17.2 Å². The molecule has 4 aliphatic rings. The number of aliphatic hydroxyl groups is 2. The fourth-order valence-electron chi connectivity index (χ4n) is 11.4. The molecule has 0 bridgehead atoms. The number of carbonyl (C=O) groups is 1. The summed E-state index contributed by atoms with van der Waals surface area (Å²) in [5.41, 5.74) is 2.87. The van der Waals surface area contributed by atoms with Gasteiger partial charge in [-0.15, -0.1) is 6.58 Å². The normalized spacial score (nSPS) is 24.9. The van der Waals surface area contributed by atoms with Gasteiger partial charge in [-0.1, -0.05) is 126 Å². The highest BCUT2D eigenvalue weighted by Crippen LogP contribution is 2.62. The first-order chi connectivity index (χ1) is 32.9. The molecule has 67 heavy (non-hydrogen) atoms. The van der Waals surface area contributed by atoms with E-state index < -0.39 is 18.1 Å². The Hall–Kier alpha value is -4.22. The van der Waals surface area contributed by atoms with Crippen molar-refractivity contribution in [2.75, 3.05) is 33.0 Å². The molecular weight excluding hydrogens is 841 g/mol. The van der Waals surface area contributed by atoms with Crippen LogP contribution in [0.2, 0.25) is 0 Å². The highest BCUT2D eigenvalue weighted by molar-refractivity contribution is 6.03. The van der Waals surface area contributed by atoms with Gasteiger partial charge in [-0.05, 0) is 110 Å². The van der Waals surface area contributed by atoms with Gasteiger partial charge in [-0.3, -0.25) is 4.79 Å².